The van der Waals surface area contributed by atoms with Crippen LogP contribution < -0.4 is 5.32 Å². The predicted molar refractivity (Wildman–Crippen MR) is 79.9 cm³/mol. The summed E-state index contributed by atoms with van der Waals surface area (Å²) in [6, 6.07) is 3.37. The summed E-state index contributed by atoms with van der Waals surface area (Å²) in [5, 5.41) is 2.13. The highest BCUT2D eigenvalue weighted by atomic mass is 35.5. The van der Waals surface area contributed by atoms with E-state index in [0.29, 0.717) is 5.92 Å². The van der Waals surface area contributed by atoms with Gasteiger partial charge in [0, 0.05) is 12.2 Å². The van der Waals surface area contributed by atoms with Crippen molar-refractivity contribution in [3.8, 4) is 0 Å². The number of hydrogen-bond donors (Lipinski definition) is 1. The number of likely N-dealkylation sites (tertiary alicyclic amines) is 1. The molecule has 3 nitrogen and oxygen atoms in total. The number of nitrogens with zero attached hydrogens (tertiary/aromatic N) is 1. The van der Waals surface area contributed by atoms with Gasteiger partial charge in [-0.15, -0.1) is 0 Å². The number of alkyl halides is 3. The van der Waals surface area contributed by atoms with Crippen LogP contribution in [0.25, 0.3) is 0 Å². The number of halogens is 4. The molecule has 1 amide bonds. The van der Waals surface area contributed by atoms with Crippen molar-refractivity contribution in [1.29, 1.82) is 0 Å². The van der Waals surface area contributed by atoms with Crippen LogP contribution in [0.3, 0.4) is 0 Å². The minimum atomic E-state index is -4.54. The van der Waals surface area contributed by atoms with Crippen LogP contribution in [-0.4, -0.2) is 30.4 Å². The number of carbonyl (C=O) groups excluding carboxylic acids is 1. The van der Waals surface area contributed by atoms with E-state index in [1.807, 2.05) is 4.90 Å². The lowest BCUT2D eigenvalue weighted by Gasteiger charge is -2.30. The van der Waals surface area contributed by atoms with Gasteiger partial charge in [-0.05, 0) is 43.5 Å². The van der Waals surface area contributed by atoms with Gasteiger partial charge in [0.2, 0.25) is 5.91 Å². The second kappa shape index (κ2) is 6.87. The average molecular weight is 335 g/mol. The van der Waals surface area contributed by atoms with E-state index in [4.69, 9.17) is 11.6 Å². The van der Waals surface area contributed by atoms with Crippen molar-refractivity contribution < 1.29 is 18.0 Å². The zero-order valence-corrected chi connectivity index (χ0v) is 13.0. The summed E-state index contributed by atoms with van der Waals surface area (Å²) in [5.41, 5.74) is -0.842. The minimum Gasteiger partial charge on any atom is -0.325 e. The summed E-state index contributed by atoms with van der Waals surface area (Å²) >= 11 is 5.55. The predicted octanol–water partition coefficient (Wildman–Crippen LogP) is 4.03. The van der Waals surface area contributed by atoms with Crippen LogP contribution in [0.1, 0.15) is 25.3 Å². The lowest BCUT2D eigenvalue weighted by Crippen LogP contribution is -2.39. The zero-order chi connectivity index (χ0) is 16.3. The van der Waals surface area contributed by atoms with E-state index in [-0.39, 0.29) is 23.2 Å². The molecule has 0 aliphatic carbocycles. The van der Waals surface area contributed by atoms with E-state index in [1.165, 1.54) is 6.07 Å². The van der Waals surface area contributed by atoms with Crippen LogP contribution in [0.4, 0.5) is 18.9 Å². The van der Waals surface area contributed by atoms with Gasteiger partial charge in [-0.25, -0.2) is 0 Å². The van der Waals surface area contributed by atoms with E-state index < -0.39 is 11.7 Å². The molecule has 1 aromatic carbocycles. The van der Waals surface area contributed by atoms with E-state index in [1.54, 1.807) is 0 Å². The first-order valence-corrected chi connectivity index (χ1v) is 7.52. The molecule has 1 aliphatic rings. The maximum absolute atomic E-state index is 12.8. The molecule has 1 N–H and O–H groups in total. The van der Waals surface area contributed by atoms with Crippen LogP contribution in [0.5, 0.6) is 0 Å². The lowest BCUT2D eigenvalue weighted by atomic mass is 10.0. The smallest absolute Gasteiger partial charge is 0.325 e. The fourth-order valence-electron chi connectivity index (χ4n) is 2.65. The Morgan fingerprint density at radius 2 is 2.18 bits per heavy atom. The summed E-state index contributed by atoms with van der Waals surface area (Å²) in [6.45, 7) is 3.99. The van der Waals surface area contributed by atoms with Gasteiger partial charge < -0.3 is 5.32 Å². The van der Waals surface area contributed by atoms with Crippen molar-refractivity contribution in [3.63, 3.8) is 0 Å². The monoisotopic (exact) mass is 334 g/mol. The van der Waals surface area contributed by atoms with Crippen LogP contribution >= 0.6 is 11.6 Å². The summed E-state index contributed by atoms with van der Waals surface area (Å²) in [5.74, 6) is 0.221. The fourth-order valence-corrected chi connectivity index (χ4v) is 2.88. The van der Waals surface area contributed by atoms with E-state index in [2.05, 4.69) is 12.2 Å². The third-order valence-electron chi connectivity index (χ3n) is 3.66. The first-order chi connectivity index (χ1) is 10.3. The van der Waals surface area contributed by atoms with Gasteiger partial charge in [0.15, 0.2) is 0 Å². The Morgan fingerprint density at radius 1 is 1.45 bits per heavy atom. The van der Waals surface area contributed by atoms with E-state index >= 15 is 0 Å². The second-order valence-corrected chi connectivity index (χ2v) is 6.13. The fraction of sp³-hybridized carbons (Fsp3) is 0.533. The first kappa shape index (κ1) is 17.1. The number of piperidine rings is 1. The molecular formula is C15H18ClF3N2O. The molecule has 0 radical (unpaired) electrons. The van der Waals surface area contributed by atoms with Gasteiger partial charge in [-0.2, -0.15) is 13.2 Å². The molecule has 2 rings (SSSR count). The number of benzene rings is 1. The van der Waals surface area contributed by atoms with Gasteiger partial charge in [0.25, 0.3) is 0 Å². The minimum absolute atomic E-state index is 0.104. The molecule has 22 heavy (non-hydrogen) atoms. The molecule has 122 valence electrons. The van der Waals surface area contributed by atoms with Gasteiger partial charge in [0.1, 0.15) is 0 Å². The number of anilines is 1. The Labute approximate surface area is 132 Å². The van der Waals surface area contributed by atoms with Crippen molar-refractivity contribution in [2.75, 3.05) is 25.0 Å². The molecule has 0 bridgehead atoms. The standard InChI is InChI=1S/C15H18ClF3N2O/c1-10-3-2-6-21(8-10)9-14(22)20-11-4-5-13(16)12(7-11)15(17,18)19/h4-5,7,10H,2-3,6,8-9H2,1H3,(H,20,22). The summed E-state index contributed by atoms with van der Waals surface area (Å²) in [6.07, 6.45) is -2.36. The number of nitrogens with one attached hydrogen (secondary N) is 1. The van der Waals surface area contributed by atoms with Crippen molar-refractivity contribution in [3.05, 3.63) is 28.8 Å². The van der Waals surface area contributed by atoms with Gasteiger partial charge in [-0.3, -0.25) is 9.69 Å². The van der Waals surface area contributed by atoms with Crippen molar-refractivity contribution in [2.24, 2.45) is 5.92 Å². The highest BCUT2D eigenvalue weighted by Gasteiger charge is 2.33. The molecule has 1 saturated heterocycles. The largest absolute Gasteiger partial charge is 0.417 e. The molecule has 0 spiro atoms. The van der Waals surface area contributed by atoms with Crippen LogP contribution in [0.15, 0.2) is 18.2 Å². The quantitative estimate of drug-likeness (QED) is 0.905. The first-order valence-electron chi connectivity index (χ1n) is 7.14. The molecule has 1 aromatic rings. The molecule has 7 heteroatoms. The molecule has 1 unspecified atom stereocenters. The Bertz CT molecular complexity index is 548. The molecule has 0 saturated carbocycles. The van der Waals surface area contributed by atoms with Crippen LogP contribution in [0, 0.1) is 5.92 Å². The summed E-state index contributed by atoms with van der Waals surface area (Å²) in [7, 11) is 0. The second-order valence-electron chi connectivity index (χ2n) is 5.72. The summed E-state index contributed by atoms with van der Waals surface area (Å²) < 4.78 is 38.3. The molecule has 1 aliphatic heterocycles. The van der Waals surface area contributed by atoms with Gasteiger partial charge >= 0.3 is 6.18 Å². The van der Waals surface area contributed by atoms with Crippen molar-refractivity contribution in [2.45, 2.75) is 25.9 Å². The SMILES string of the molecule is CC1CCCN(CC(=O)Nc2ccc(Cl)c(C(F)(F)F)c2)C1. The Kier molecular flexibility index (Phi) is 5.34. The lowest BCUT2D eigenvalue weighted by molar-refractivity contribution is -0.137. The molecule has 0 aromatic heterocycles. The Hall–Kier alpha value is -1.27. The number of carbonyl (C=O) groups is 1. The topological polar surface area (TPSA) is 32.3 Å². The van der Waals surface area contributed by atoms with E-state index in [9.17, 15) is 18.0 Å². The van der Waals surface area contributed by atoms with E-state index in [0.717, 1.165) is 38.1 Å². The summed E-state index contributed by atoms with van der Waals surface area (Å²) in [4.78, 5) is 14.0. The third kappa shape index (κ3) is 4.61. The van der Waals surface area contributed by atoms with Crippen LogP contribution in [0.2, 0.25) is 5.02 Å². The van der Waals surface area contributed by atoms with Gasteiger partial charge in [-0.1, -0.05) is 18.5 Å². The number of amides is 1. The molecule has 1 heterocycles. The highest BCUT2D eigenvalue weighted by molar-refractivity contribution is 6.31. The van der Waals surface area contributed by atoms with Crippen molar-refractivity contribution in [1.82, 2.24) is 4.90 Å². The number of hydrogen-bond acceptors (Lipinski definition) is 2. The van der Waals surface area contributed by atoms with Crippen molar-refractivity contribution >= 4 is 23.2 Å². The third-order valence-corrected chi connectivity index (χ3v) is 3.99. The maximum atomic E-state index is 12.8. The molecule has 1 atom stereocenters. The Balaban J connectivity index is 1.99. The Morgan fingerprint density at radius 3 is 2.82 bits per heavy atom. The molecule has 1 fully saturated rings. The number of rotatable bonds is 3. The molecular weight excluding hydrogens is 317 g/mol. The van der Waals surface area contributed by atoms with Gasteiger partial charge in [0.05, 0.1) is 17.1 Å². The normalized spacial score (nSPS) is 20.0. The maximum Gasteiger partial charge on any atom is 0.417 e. The average Bonchev–Trinajstić information content (AvgIpc) is 2.39. The zero-order valence-electron chi connectivity index (χ0n) is 12.2. The highest BCUT2D eigenvalue weighted by Crippen LogP contribution is 2.36. The van der Waals surface area contributed by atoms with Crippen LogP contribution in [-0.2, 0) is 11.0 Å².